The van der Waals surface area contributed by atoms with Crippen molar-refractivity contribution in [3.63, 3.8) is 0 Å². The number of allylic oxidation sites excluding steroid dienone is 4. The molecule has 1 saturated carbocycles. The Hall–Kier alpha value is -4.36. The van der Waals surface area contributed by atoms with Crippen LogP contribution in [0.25, 0.3) is 39.0 Å². The summed E-state index contributed by atoms with van der Waals surface area (Å²) in [6, 6.07) is 16.9. The van der Waals surface area contributed by atoms with Crippen LogP contribution >= 0.6 is 179 Å². The van der Waals surface area contributed by atoms with Crippen molar-refractivity contribution in [2.75, 3.05) is 48.6 Å². The Morgan fingerprint density at radius 3 is 1.35 bits per heavy atom. The number of ether oxygens (including phenoxy) is 5. The third kappa shape index (κ3) is 35.8. The van der Waals surface area contributed by atoms with Crippen molar-refractivity contribution in [1.29, 1.82) is 0 Å². The Labute approximate surface area is 812 Å². The van der Waals surface area contributed by atoms with Crippen molar-refractivity contribution in [3.05, 3.63) is 209 Å². The number of carbonyl (C=O) groups is 5. The molecule has 4 aliphatic rings. The van der Waals surface area contributed by atoms with Gasteiger partial charge in [-0.3, -0.25) is 19.9 Å². The maximum atomic E-state index is 12.0. The molecule has 22 nitrogen and oxygen atoms in total. The molecule has 9 aromatic rings. The Bertz CT molecular complexity index is 4600. The zero-order valence-corrected chi connectivity index (χ0v) is 87.6. The second kappa shape index (κ2) is 58.1. The van der Waals surface area contributed by atoms with Crippen LogP contribution in [0.3, 0.4) is 0 Å². The van der Waals surface area contributed by atoms with Gasteiger partial charge in [-0.25, -0.2) is 24.0 Å². The molecule has 0 bridgehead atoms. The number of carbonyl (C=O) groups excluding carboxylic acids is 5. The summed E-state index contributed by atoms with van der Waals surface area (Å²) in [6.45, 7) is 20.6. The number of halogens is 6. The molecular formula is C84H105B2Br2I4N6O16PdS5-. The normalized spacial score (nSPS) is 16.1. The number of nitrogens with two attached hydrogens (primary N) is 1. The molecule has 9 aromatic heterocycles. The summed E-state index contributed by atoms with van der Waals surface area (Å²) in [6.07, 6.45) is 30.4. The van der Waals surface area contributed by atoms with Gasteiger partial charge in [0.15, 0.2) is 5.34 Å². The second-order valence-electron chi connectivity index (χ2n) is 28.5. The molecule has 656 valence electrons. The fourth-order valence-electron chi connectivity index (χ4n) is 11.6. The van der Waals surface area contributed by atoms with Gasteiger partial charge in [0.05, 0.1) is 54.9 Å². The number of nitrogen functional groups attached to an aromatic ring is 1. The van der Waals surface area contributed by atoms with Gasteiger partial charge in [0, 0.05) is 110 Å². The zero-order chi connectivity index (χ0) is 87.9. The smallest absolute Gasteiger partial charge is 0.465 e. The number of alkyl halides is 3. The molecule has 0 amide bonds. The molecule has 2 unspecified atom stereocenters. The van der Waals surface area contributed by atoms with E-state index >= 15 is 0 Å². The molecule has 2 fully saturated rings. The number of anilines is 1. The van der Waals surface area contributed by atoms with Gasteiger partial charge in [0.25, 0.3) is 0 Å². The molecule has 10 heterocycles. The largest absolute Gasteiger partial charge is 0.490 e. The third-order valence-corrected chi connectivity index (χ3v) is 25.7. The molecule has 120 heavy (non-hydrogen) atoms. The van der Waals surface area contributed by atoms with Crippen molar-refractivity contribution in [2.45, 2.75) is 156 Å². The summed E-state index contributed by atoms with van der Waals surface area (Å²) in [5.74, 6) is 1.46. The van der Waals surface area contributed by atoms with Crippen LogP contribution in [-0.4, -0.2) is 134 Å². The standard InChI is InChI=1S/C18H21NO2S.C18H19NO2S.C13H23BO2.C11H8BrNO2S.C6H5IO2S.C6H7NO2S.C5H5BBrNO2.C4H9NO2.CH2I2.CH3I.CH3.Pd/c2*1-12-3-5-13(6-4-12)16-11-19-9-7-14(16)15-8-10-22-17(15)18(20)21-2;1-10-6-8-11(9-7-10)14-15-12(2,3)13(4,5)16-14;1-15-11(14)10-8(3-5-16-10)7-2-4-13-6-9(7)12;2*1-9-6(8)5-4(7)2-3-10-5;7-5-3-8-2-1-4(5)6(9)10;1-4(2,3)7-5-6;2-1-3;1-2;;/h7-13H,3-6H2,1-2H3;5,7-12H,3-4,6H2,1-2H3;8,10H,6-7,9H2,1-5H3;2-6H,1H3;2-3H,1H3;2-3H,7H2,1H3;1-3,9-10H;1-3H3;1H2;1H3;1H3;/q;;;;;;;;;;-1;. The second-order valence-corrected chi connectivity index (χ2v) is 40.3. The van der Waals surface area contributed by atoms with E-state index in [1.165, 1.54) is 175 Å². The zero-order valence-electron chi connectivity index (χ0n) is 70.1. The van der Waals surface area contributed by atoms with Crippen LogP contribution in [0.4, 0.5) is 5.69 Å². The summed E-state index contributed by atoms with van der Waals surface area (Å²) < 4.78 is 39.3. The van der Waals surface area contributed by atoms with Crippen molar-refractivity contribution < 1.29 is 92.3 Å². The van der Waals surface area contributed by atoms with Crippen LogP contribution in [0.1, 0.15) is 199 Å². The van der Waals surface area contributed by atoms with Crippen molar-refractivity contribution >= 4 is 240 Å². The van der Waals surface area contributed by atoms with E-state index in [9.17, 15) is 28.9 Å². The van der Waals surface area contributed by atoms with Gasteiger partial charge < -0.3 is 61.0 Å². The minimum Gasteiger partial charge on any atom is -0.465 e. The molecule has 0 spiro atoms. The molecule has 3 aliphatic carbocycles. The van der Waals surface area contributed by atoms with Gasteiger partial charge >= 0.3 is 44.1 Å². The van der Waals surface area contributed by atoms with Gasteiger partial charge in [0.2, 0.25) is 0 Å². The van der Waals surface area contributed by atoms with Gasteiger partial charge in [-0.2, -0.15) is 0 Å². The number of thiophene rings is 5. The number of hydrogen-bond acceptors (Lipinski definition) is 27. The minimum absolute atomic E-state index is 0. The molecule has 1 saturated heterocycles. The van der Waals surface area contributed by atoms with Gasteiger partial charge in [-0.15, -0.1) is 61.6 Å². The molecule has 4 N–H and O–H groups in total. The summed E-state index contributed by atoms with van der Waals surface area (Å²) >= 11 is 22.2. The summed E-state index contributed by atoms with van der Waals surface area (Å²) in [4.78, 5) is 92.2. The number of pyridine rings is 4. The fraction of sp³-hybridized carbons (Fsp3) is 0.405. The van der Waals surface area contributed by atoms with Crippen LogP contribution in [0.15, 0.2) is 163 Å². The van der Waals surface area contributed by atoms with E-state index in [-0.39, 0.29) is 76.0 Å². The van der Waals surface area contributed by atoms with Gasteiger partial charge in [-0.1, -0.05) is 114 Å². The molecule has 1 aliphatic heterocycles. The first-order valence-electron chi connectivity index (χ1n) is 37.0. The molecule has 0 radical (unpaired) electrons. The molecule has 2 atom stereocenters. The summed E-state index contributed by atoms with van der Waals surface area (Å²) in [5.41, 5.74) is 16.5. The number of methoxy groups -OCH3 is 5. The topological polar surface area (TPSA) is 307 Å². The first kappa shape index (κ1) is 112. The fourth-order valence-corrected chi connectivity index (χ4v) is 17.4. The van der Waals surface area contributed by atoms with Gasteiger partial charge in [0.1, 0.15) is 30.0 Å². The Balaban J connectivity index is 0.000000471. The molecule has 13 rings (SSSR count). The van der Waals surface area contributed by atoms with E-state index in [1.54, 1.807) is 50.8 Å². The monoisotopic (exact) mass is 2410 g/mol. The molecule has 0 aromatic carbocycles. The van der Waals surface area contributed by atoms with Crippen LogP contribution in [-0.2, 0) is 58.3 Å². The van der Waals surface area contributed by atoms with Crippen molar-refractivity contribution in [2.24, 2.45) is 23.1 Å². The summed E-state index contributed by atoms with van der Waals surface area (Å²) in [5, 5.41) is 29.0. The average Bonchev–Trinajstić information content (AvgIpc) is 1.63. The first-order valence-corrected chi connectivity index (χ1v) is 49.3. The molecule has 36 heteroatoms. The number of nitrogens with zero attached hydrogens (tertiary/aromatic N) is 5. The van der Waals surface area contributed by atoms with Crippen molar-refractivity contribution in [3.8, 4) is 33.4 Å². The van der Waals surface area contributed by atoms with Crippen LogP contribution in [0, 0.1) is 33.7 Å². The maximum absolute atomic E-state index is 12.0. The van der Waals surface area contributed by atoms with Crippen LogP contribution < -0.4 is 11.2 Å². The number of esters is 5. The Kier molecular flexibility index (Phi) is 54.1. The van der Waals surface area contributed by atoms with E-state index in [4.69, 9.17) is 39.3 Å². The predicted octanol–water partition coefficient (Wildman–Crippen LogP) is 24.0. The Morgan fingerprint density at radius 2 is 0.950 bits per heavy atom. The van der Waals surface area contributed by atoms with Crippen molar-refractivity contribution in [1.82, 2.24) is 19.9 Å². The Morgan fingerprint density at radius 1 is 0.550 bits per heavy atom. The number of aromatic nitrogens is 4. The van der Waals surface area contributed by atoms with Crippen LogP contribution in [0.2, 0.25) is 0 Å². The van der Waals surface area contributed by atoms with Crippen LogP contribution in [0.5, 0.6) is 0 Å². The van der Waals surface area contributed by atoms with Gasteiger partial charge in [-0.05, 0) is 298 Å². The maximum Gasteiger partial charge on any atom is 0.490 e. The SMILES string of the molecule is CC(C)(C)ON=O.CC1CC=C(B2OC(C)(C)C(C)(C)O2)CC1.CI.COC(=O)c1sccc1-c1ccncc1Br.COC(=O)c1sccc1-c1ccncc1C1=CCC(C)CC1.COC(=O)c1sccc1-c1ccncc1C1CCC(C)CC1.COC(=O)c1sccc1I.COC(=O)c1sccc1N.ICI.OB(O)c1ccncc1Br.[CH3-].[Pd]. The van der Waals surface area contributed by atoms with E-state index in [0.717, 1.165) is 84.0 Å². The number of rotatable bonds is 13. The van der Waals surface area contributed by atoms with E-state index in [0.29, 0.717) is 45.9 Å². The quantitative estimate of drug-likeness (QED) is 0.0141. The first-order chi connectivity index (χ1) is 56.2. The molecular weight excluding hydrogens is 2300 g/mol. The average molecular weight is 2410 g/mol. The third-order valence-electron chi connectivity index (χ3n) is 18.6. The predicted molar refractivity (Wildman–Crippen MR) is 529 cm³/mol. The van der Waals surface area contributed by atoms with E-state index in [2.05, 4.69) is 222 Å². The minimum atomic E-state index is -1.43. The van der Waals surface area contributed by atoms with E-state index in [1.807, 2.05) is 87.5 Å². The summed E-state index contributed by atoms with van der Waals surface area (Å²) in [7, 11) is 5.41. The van der Waals surface area contributed by atoms with E-state index < -0.39 is 12.7 Å². The number of hydrogen-bond donors (Lipinski definition) is 3.